The summed E-state index contributed by atoms with van der Waals surface area (Å²) < 4.78 is 22.7. The van der Waals surface area contributed by atoms with E-state index in [1.54, 1.807) is 18.3 Å². The maximum absolute atomic E-state index is 11.4. The van der Waals surface area contributed by atoms with Crippen molar-refractivity contribution in [2.45, 2.75) is 11.4 Å². The van der Waals surface area contributed by atoms with Crippen molar-refractivity contribution in [1.82, 2.24) is 4.98 Å². The number of pyridine rings is 1. The molecule has 0 bridgehead atoms. The normalized spacial score (nSPS) is 11.1. The van der Waals surface area contributed by atoms with Crippen LogP contribution in [0.2, 0.25) is 0 Å². The third-order valence-corrected chi connectivity index (χ3v) is 3.99. The van der Waals surface area contributed by atoms with Crippen LogP contribution >= 0.6 is 0 Å². The summed E-state index contributed by atoms with van der Waals surface area (Å²) in [5, 5.41) is 6.24. The molecule has 2 aromatic rings. The predicted octanol–water partition coefficient (Wildman–Crippen LogP) is 2.14. The van der Waals surface area contributed by atoms with E-state index in [2.05, 4.69) is 15.6 Å². The number of nitrogens with one attached hydrogen (secondary N) is 2. The lowest BCUT2D eigenvalue weighted by Gasteiger charge is -2.08. The Kier molecular flexibility index (Phi) is 4.24. The number of anilines is 2. The van der Waals surface area contributed by atoms with Crippen molar-refractivity contribution in [2.24, 2.45) is 0 Å². The fraction of sp³-hybridized carbons (Fsp3) is 0.214. The number of aromatic nitrogens is 1. The molecular weight excluding hydrogens is 274 g/mol. The highest BCUT2D eigenvalue weighted by Gasteiger charge is 2.05. The topological polar surface area (TPSA) is 71.1 Å². The molecule has 106 valence electrons. The third-order valence-electron chi connectivity index (χ3n) is 2.86. The molecule has 1 heterocycles. The summed E-state index contributed by atoms with van der Waals surface area (Å²) >= 11 is 0. The number of nitrogens with zero attached hydrogens (tertiary/aromatic N) is 1. The van der Waals surface area contributed by atoms with Crippen molar-refractivity contribution in [3.63, 3.8) is 0 Å². The summed E-state index contributed by atoms with van der Waals surface area (Å²) in [6.45, 7) is 0.622. The Morgan fingerprint density at radius 3 is 2.45 bits per heavy atom. The second-order valence-corrected chi connectivity index (χ2v) is 6.47. The zero-order valence-electron chi connectivity index (χ0n) is 11.4. The van der Waals surface area contributed by atoms with Gasteiger partial charge in [0.25, 0.3) is 0 Å². The number of hydrogen-bond donors (Lipinski definition) is 2. The predicted molar refractivity (Wildman–Crippen MR) is 80.7 cm³/mol. The van der Waals surface area contributed by atoms with E-state index in [0.717, 1.165) is 17.1 Å². The molecule has 0 aliphatic carbocycles. The highest BCUT2D eigenvalue weighted by molar-refractivity contribution is 7.90. The van der Waals surface area contributed by atoms with Gasteiger partial charge in [0.15, 0.2) is 9.84 Å². The first-order valence-electron chi connectivity index (χ1n) is 6.16. The van der Waals surface area contributed by atoms with Gasteiger partial charge in [-0.05, 0) is 23.8 Å². The van der Waals surface area contributed by atoms with Gasteiger partial charge in [0.1, 0.15) is 5.82 Å². The molecular formula is C14H17N3O2S. The SMILES string of the molecule is CNc1cc(NCc2ccc(S(C)(=O)=O)cc2)ccn1. The summed E-state index contributed by atoms with van der Waals surface area (Å²) in [6.07, 6.45) is 2.93. The van der Waals surface area contributed by atoms with E-state index in [-0.39, 0.29) is 0 Å². The Balaban J connectivity index is 2.04. The fourth-order valence-electron chi connectivity index (χ4n) is 1.74. The Hall–Kier alpha value is -2.08. The van der Waals surface area contributed by atoms with Gasteiger partial charge in [-0.15, -0.1) is 0 Å². The van der Waals surface area contributed by atoms with Crippen LogP contribution in [0.15, 0.2) is 47.5 Å². The van der Waals surface area contributed by atoms with Crippen LogP contribution in [-0.4, -0.2) is 26.7 Å². The van der Waals surface area contributed by atoms with E-state index < -0.39 is 9.84 Å². The fourth-order valence-corrected chi connectivity index (χ4v) is 2.37. The summed E-state index contributed by atoms with van der Waals surface area (Å²) in [6, 6.07) is 10.7. The van der Waals surface area contributed by atoms with Crippen LogP contribution in [0.3, 0.4) is 0 Å². The van der Waals surface area contributed by atoms with E-state index in [4.69, 9.17) is 0 Å². The molecule has 0 spiro atoms. The summed E-state index contributed by atoms with van der Waals surface area (Å²) in [5.74, 6) is 0.794. The van der Waals surface area contributed by atoms with Crippen molar-refractivity contribution in [3.05, 3.63) is 48.2 Å². The lowest BCUT2D eigenvalue weighted by molar-refractivity contribution is 0.602. The molecule has 2 rings (SSSR count). The van der Waals surface area contributed by atoms with Crippen LogP contribution < -0.4 is 10.6 Å². The van der Waals surface area contributed by atoms with Gasteiger partial charge in [0, 0.05) is 37.8 Å². The van der Waals surface area contributed by atoms with Crippen LogP contribution in [0.25, 0.3) is 0 Å². The van der Waals surface area contributed by atoms with Crippen LogP contribution in [0.1, 0.15) is 5.56 Å². The number of sulfone groups is 1. The van der Waals surface area contributed by atoms with Gasteiger partial charge in [-0.3, -0.25) is 0 Å². The average molecular weight is 291 g/mol. The monoisotopic (exact) mass is 291 g/mol. The molecule has 0 radical (unpaired) electrons. The molecule has 0 unspecified atom stereocenters. The maximum Gasteiger partial charge on any atom is 0.175 e. The Morgan fingerprint density at radius 2 is 1.85 bits per heavy atom. The molecule has 1 aromatic carbocycles. The molecule has 20 heavy (non-hydrogen) atoms. The van der Waals surface area contributed by atoms with Crippen LogP contribution in [-0.2, 0) is 16.4 Å². The van der Waals surface area contributed by atoms with Gasteiger partial charge in [0.2, 0.25) is 0 Å². The molecule has 0 aliphatic rings. The van der Waals surface area contributed by atoms with Gasteiger partial charge in [0.05, 0.1) is 4.90 Å². The quantitative estimate of drug-likeness (QED) is 0.883. The van der Waals surface area contributed by atoms with E-state index >= 15 is 0 Å². The highest BCUT2D eigenvalue weighted by Crippen LogP contribution is 2.14. The standard InChI is InChI=1S/C14H17N3O2S/c1-15-14-9-12(7-8-16-14)17-10-11-3-5-13(6-4-11)20(2,18)19/h3-9H,10H2,1-2H3,(H2,15,16,17). The molecule has 0 aliphatic heterocycles. The third kappa shape index (κ3) is 3.71. The average Bonchev–Trinajstić information content (AvgIpc) is 2.45. The second-order valence-electron chi connectivity index (χ2n) is 4.45. The van der Waals surface area contributed by atoms with E-state index in [1.807, 2.05) is 31.3 Å². The molecule has 0 amide bonds. The minimum Gasteiger partial charge on any atom is -0.381 e. The minimum atomic E-state index is -3.13. The molecule has 0 saturated carbocycles. The summed E-state index contributed by atoms with van der Waals surface area (Å²) in [5.41, 5.74) is 1.97. The van der Waals surface area contributed by atoms with E-state index in [0.29, 0.717) is 11.4 Å². The number of rotatable bonds is 5. The van der Waals surface area contributed by atoms with Crippen LogP contribution in [0.5, 0.6) is 0 Å². The molecule has 0 atom stereocenters. The van der Waals surface area contributed by atoms with Crippen molar-refractivity contribution >= 4 is 21.3 Å². The minimum absolute atomic E-state index is 0.336. The zero-order chi connectivity index (χ0) is 14.6. The lowest BCUT2D eigenvalue weighted by atomic mass is 10.2. The highest BCUT2D eigenvalue weighted by atomic mass is 32.2. The van der Waals surface area contributed by atoms with Gasteiger partial charge in [-0.2, -0.15) is 0 Å². The summed E-state index contributed by atoms with van der Waals surface area (Å²) in [7, 11) is -1.32. The molecule has 5 nitrogen and oxygen atoms in total. The molecule has 0 saturated heterocycles. The Bertz CT molecular complexity index is 682. The maximum atomic E-state index is 11.4. The van der Waals surface area contributed by atoms with E-state index in [9.17, 15) is 8.42 Å². The second kappa shape index (κ2) is 5.92. The Morgan fingerprint density at radius 1 is 1.15 bits per heavy atom. The molecule has 1 aromatic heterocycles. The van der Waals surface area contributed by atoms with Gasteiger partial charge >= 0.3 is 0 Å². The van der Waals surface area contributed by atoms with Crippen molar-refractivity contribution < 1.29 is 8.42 Å². The van der Waals surface area contributed by atoms with Gasteiger partial charge in [-0.1, -0.05) is 12.1 Å². The summed E-state index contributed by atoms with van der Waals surface area (Å²) in [4.78, 5) is 4.47. The van der Waals surface area contributed by atoms with Crippen molar-refractivity contribution in [3.8, 4) is 0 Å². The zero-order valence-corrected chi connectivity index (χ0v) is 12.2. The van der Waals surface area contributed by atoms with Crippen molar-refractivity contribution in [1.29, 1.82) is 0 Å². The molecule has 0 fully saturated rings. The van der Waals surface area contributed by atoms with E-state index in [1.165, 1.54) is 6.26 Å². The van der Waals surface area contributed by atoms with Crippen molar-refractivity contribution in [2.75, 3.05) is 23.9 Å². The molecule has 6 heteroatoms. The first-order chi connectivity index (χ1) is 9.49. The lowest BCUT2D eigenvalue weighted by Crippen LogP contribution is -2.02. The van der Waals surface area contributed by atoms with Crippen LogP contribution in [0.4, 0.5) is 11.5 Å². The Labute approximate surface area is 119 Å². The van der Waals surface area contributed by atoms with Gasteiger partial charge < -0.3 is 10.6 Å². The first-order valence-corrected chi connectivity index (χ1v) is 8.05. The number of benzene rings is 1. The van der Waals surface area contributed by atoms with Gasteiger partial charge in [-0.25, -0.2) is 13.4 Å². The smallest absolute Gasteiger partial charge is 0.175 e. The number of hydrogen-bond acceptors (Lipinski definition) is 5. The molecule has 2 N–H and O–H groups in total. The van der Waals surface area contributed by atoms with Crippen LogP contribution in [0, 0.1) is 0 Å². The first kappa shape index (κ1) is 14.3. The largest absolute Gasteiger partial charge is 0.381 e.